The summed E-state index contributed by atoms with van der Waals surface area (Å²) in [6, 6.07) is 8.30. The molecule has 1 aliphatic rings. The second kappa shape index (κ2) is 7.81. The number of carbonyl (C=O) groups excluding carboxylic acids is 1. The molecule has 0 bridgehead atoms. The maximum atomic E-state index is 12.1. The number of hydrogen-bond acceptors (Lipinski definition) is 2. The first-order chi connectivity index (χ1) is 10.1. The van der Waals surface area contributed by atoms with Crippen LogP contribution in [0.2, 0.25) is 5.02 Å². The van der Waals surface area contributed by atoms with Crippen LogP contribution in [-0.4, -0.2) is 29.9 Å². The molecule has 1 atom stereocenters. The largest absolute Gasteiger partial charge is 0.353 e. The van der Waals surface area contributed by atoms with Gasteiger partial charge in [0.2, 0.25) is 5.91 Å². The smallest absolute Gasteiger partial charge is 0.223 e. The summed E-state index contributed by atoms with van der Waals surface area (Å²) in [7, 11) is 0. The average Bonchev–Trinajstić information content (AvgIpc) is 2.50. The Morgan fingerprint density at radius 2 is 1.95 bits per heavy atom. The minimum atomic E-state index is 0.181. The van der Waals surface area contributed by atoms with Crippen molar-refractivity contribution in [3.63, 3.8) is 0 Å². The predicted octanol–water partition coefficient (Wildman–Crippen LogP) is 3.47. The summed E-state index contributed by atoms with van der Waals surface area (Å²) in [5.41, 5.74) is 1.28. The molecule has 4 heteroatoms. The summed E-state index contributed by atoms with van der Waals surface area (Å²) >= 11 is 5.90. The van der Waals surface area contributed by atoms with Crippen LogP contribution in [0.1, 0.15) is 38.7 Å². The maximum Gasteiger partial charge on any atom is 0.223 e. The van der Waals surface area contributed by atoms with Gasteiger partial charge in [0.1, 0.15) is 0 Å². The third-order valence-corrected chi connectivity index (χ3v) is 4.53. The molecule has 0 saturated carbocycles. The van der Waals surface area contributed by atoms with Gasteiger partial charge in [0.05, 0.1) is 0 Å². The number of carbonyl (C=O) groups is 1. The second-order valence-electron chi connectivity index (χ2n) is 5.99. The molecule has 1 amide bonds. The van der Waals surface area contributed by atoms with E-state index >= 15 is 0 Å². The molecule has 1 saturated heterocycles. The van der Waals surface area contributed by atoms with E-state index in [0.717, 1.165) is 43.9 Å². The number of nitrogens with zero attached hydrogens (tertiary/aromatic N) is 1. The number of hydrogen-bond donors (Lipinski definition) is 1. The molecule has 0 aliphatic carbocycles. The van der Waals surface area contributed by atoms with Gasteiger partial charge in [0.15, 0.2) is 0 Å². The van der Waals surface area contributed by atoms with Crippen molar-refractivity contribution in [2.24, 2.45) is 5.92 Å². The lowest BCUT2D eigenvalue weighted by Crippen LogP contribution is -2.42. The highest BCUT2D eigenvalue weighted by Crippen LogP contribution is 2.20. The molecule has 1 heterocycles. The van der Waals surface area contributed by atoms with Crippen LogP contribution in [0.25, 0.3) is 0 Å². The lowest BCUT2D eigenvalue weighted by atomic mass is 9.95. The van der Waals surface area contributed by atoms with Crippen LogP contribution in [0.3, 0.4) is 0 Å². The van der Waals surface area contributed by atoms with E-state index < -0.39 is 0 Å². The van der Waals surface area contributed by atoms with Gasteiger partial charge in [-0.1, -0.05) is 30.7 Å². The molecule has 1 aliphatic heterocycles. The highest BCUT2D eigenvalue weighted by molar-refractivity contribution is 6.30. The molecular formula is C17H25ClN2O. The Kier molecular flexibility index (Phi) is 6.07. The average molecular weight is 309 g/mol. The van der Waals surface area contributed by atoms with Crippen molar-refractivity contribution in [1.82, 2.24) is 10.2 Å². The van der Waals surface area contributed by atoms with E-state index in [0.29, 0.717) is 0 Å². The molecule has 0 radical (unpaired) electrons. The summed E-state index contributed by atoms with van der Waals surface area (Å²) in [5, 5.41) is 3.87. The molecule has 0 spiro atoms. The zero-order valence-electron chi connectivity index (χ0n) is 12.9. The summed E-state index contributed by atoms with van der Waals surface area (Å²) < 4.78 is 0. The molecule has 1 aromatic carbocycles. The number of likely N-dealkylation sites (tertiary alicyclic amines) is 1. The lowest BCUT2D eigenvalue weighted by molar-refractivity contribution is -0.127. The fourth-order valence-corrected chi connectivity index (χ4v) is 2.79. The molecular weight excluding hydrogens is 284 g/mol. The number of nitrogens with one attached hydrogen (secondary N) is 1. The number of amides is 1. The molecule has 116 valence electrons. The number of halogens is 1. The molecule has 1 N–H and O–H groups in total. The van der Waals surface area contributed by atoms with Gasteiger partial charge in [-0.2, -0.15) is 0 Å². The van der Waals surface area contributed by atoms with Crippen molar-refractivity contribution < 1.29 is 4.79 Å². The molecule has 1 fully saturated rings. The van der Waals surface area contributed by atoms with E-state index in [9.17, 15) is 4.79 Å². The van der Waals surface area contributed by atoms with E-state index in [-0.39, 0.29) is 17.9 Å². The van der Waals surface area contributed by atoms with Crippen LogP contribution in [0.4, 0.5) is 0 Å². The van der Waals surface area contributed by atoms with Crippen LogP contribution >= 0.6 is 11.6 Å². The van der Waals surface area contributed by atoms with Gasteiger partial charge < -0.3 is 5.32 Å². The first-order valence-corrected chi connectivity index (χ1v) is 8.23. The molecule has 21 heavy (non-hydrogen) atoms. The lowest BCUT2D eigenvalue weighted by Gasteiger charge is -2.31. The van der Waals surface area contributed by atoms with Crippen LogP contribution in [0.15, 0.2) is 24.3 Å². The van der Waals surface area contributed by atoms with Crippen molar-refractivity contribution in [2.45, 2.75) is 45.7 Å². The van der Waals surface area contributed by atoms with E-state index in [2.05, 4.69) is 36.2 Å². The molecule has 3 nitrogen and oxygen atoms in total. The van der Waals surface area contributed by atoms with Gasteiger partial charge in [-0.25, -0.2) is 0 Å². The Labute approximate surface area is 132 Å². The predicted molar refractivity (Wildman–Crippen MR) is 87.3 cm³/mol. The van der Waals surface area contributed by atoms with Gasteiger partial charge in [0.25, 0.3) is 0 Å². The van der Waals surface area contributed by atoms with Gasteiger partial charge in [-0.15, -0.1) is 0 Å². The fraction of sp³-hybridized carbons (Fsp3) is 0.588. The fourth-order valence-electron chi connectivity index (χ4n) is 2.66. The Morgan fingerprint density at radius 1 is 1.33 bits per heavy atom. The first-order valence-electron chi connectivity index (χ1n) is 7.85. The Hall–Kier alpha value is -1.06. The molecule has 0 aromatic heterocycles. The number of piperidine rings is 1. The number of rotatable bonds is 5. The Balaban J connectivity index is 1.77. The third kappa shape index (κ3) is 5.01. The third-order valence-electron chi connectivity index (χ3n) is 4.28. The van der Waals surface area contributed by atoms with Crippen LogP contribution < -0.4 is 5.32 Å². The van der Waals surface area contributed by atoms with Crippen molar-refractivity contribution in [1.29, 1.82) is 0 Å². The Morgan fingerprint density at radius 3 is 2.52 bits per heavy atom. The zero-order chi connectivity index (χ0) is 15.2. The van der Waals surface area contributed by atoms with Gasteiger partial charge >= 0.3 is 0 Å². The SMILES string of the molecule is CCC(C)NC(=O)C1CCN(Cc2ccc(Cl)cc2)CC1. The zero-order valence-corrected chi connectivity index (χ0v) is 13.7. The standard InChI is InChI=1S/C17H25ClN2O/c1-3-13(2)19-17(21)15-8-10-20(11-9-15)12-14-4-6-16(18)7-5-14/h4-7,13,15H,3,8-12H2,1-2H3,(H,19,21). The van der Waals surface area contributed by atoms with Crippen LogP contribution in [0, 0.1) is 5.92 Å². The minimum Gasteiger partial charge on any atom is -0.353 e. The van der Waals surface area contributed by atoms with Crippen molar-refractivity contribution in [3.05, 3.63) is 34.9 Å². The van der Waals surface area contributed by atoms with Gasteiger partial charge in [-0.05, 0) is 57.0 Å². The normalized spacial score (nSPS) is 18.4. The Bertz CT molecular complexity index is 452. The van der Waals surface area contributed by atoms with E-state index in [1.807, 2.05) is 12.1 Å². The summed E-state index contributed by atoms with van der Waals surface area (Å²) in [5.74, 6) is 0.413. The molecule has 2 rings (SSSR count). The van der Waals surface area contributed by atoms with Crippen molar-refractivity contribution >= 4 is 17.5 Å². The highest BCUT2D eigenvalue weighted by Gasteiger charge is 2.25. The van der Waals surface area contributed by atoms with E-state index in [1.54, 1.807) is 0 Å². The molecule has 1 unspecified atom stereocenters. The maximum absolute atomic E-state index is 12.1. The summed E-state index contributed by atoms with van der Waals surface area (Å²) in [4.78, 5) is 14.5. The first kappa shape index (κ1) is 16.3. The van der Waals surface area contributed by atoms with E-state index in [4.69, 9.17) is 11.6 Å². The molecule has 1 aromatic rings. The monoisotopic (exact) mass is 308 g/mol. The topological polar surface area (TPSA) is 32.3 Å². The summed E-state index contributed by atoms with van der Waals surface area (Å²) in [6.07, 6.45) is 2.90. The minimum absolute atomic E-state index is 0.181. The summed E-state index contributed by atoms with van der Waals surface area (Å²) in [6.45, 7) is 7.08. The van der Waals surface area contributed by atoms with Crippen molar-refractivity contribution in [2.75, 3.05) is 13.1 Å². The van der Waals surface area contributed by atoms with Crippen molar-refractivity contribution in [3.8, 4) is 0 Å². The van der Waals surface area contributed by atoms with Crippen LogP contribution in [0.5, 0.6) is 0 Å². The highest BCUT2D eigenvalue weighted by atomic mass is 35.5. The number of benzene rings is 1. The second-order valence-corrected chi connectivity index (χ2v) is 6.43. The van der Waals surface area contributed by atoms with E-state index in [1.165, 1.54) is 5.56 Å². The van der Waals surface area contributed by atoms with Crippen LogP contribution in [-0.2, 0) is 11.3 Å². The van der Waals surface area contributed by atoms with Gasteiger partial charge in [0, 0.05) is 23.5 Å². The quantitative estimate of drug-likeness (QED) is 0.903. The van der Waals surface area contributed by atoms with Gasteiger partial charge in [-0.3, -0.25) is 9.69 Å².